The van der Waals surface area contributed by atoms with Gasteiger partial charge in [-0.3, -0.25) is 0 Å². The fraction of sp³-hybridized carbons (Fsp3) is 1.00. The average Bonchev–Trinajstić information content (AvgIpc) is 2.80. The van der Waals surface area contributed by atoms with E-state index < -0.39 is 0 Å². The molecule has 2 saturated carbocycles. The van der Waals surface area contributed by atoms with Gasteiger partial charge >= 0.3 is 0 Å². The van der Waals surface area contributed by atoms with Gasteiger partial charge in [-0.05, 0) is 70.6 Å². The first-order valence-corrected chi connectivity index (χ1v) is 8.47. The lowest BCUT2D eigenvalue weighted by Gasteiger charge is -2.41. The van der Waals surface area contributed by atoms with Crippen LogP contribution in [0.15, 0.2) is 0 Å². The molecule has 1 saturated heterocycles. The summed E-state index contributed by atoms with van der Waals surface area (Å²) in [6.45, 7) is 5.39. The second kappa shape index (κ2) is 5.37. The van der Waals surface area contributed by atoms with Crippen LogP contribution < -0.4 is 5.32 Å². The van der Waals surface area contributed by atoms with Crippen LogP contribution in [0.3, 0.4) is 0 Å². The number of nitrogens with one attached hydrogen (secondary N) is 1. The number of hydrogen-bond donors (Lipinski definition) is 1. The van der Waals surface area contributed by atoms with Crippen LogP contribution in [0.4, 0.5) is 0 Å². The molecule has 3 aliphatic rings. The second-order valence-electron chi connectivity index (χ2n) is 7.95. The highest BCUT2D eigenvalue weighted by molar-refractivity contribution is 4.93. The van der Waals surface area contributed by atoms with Gasteiger partial charge in [-0.15, -0.1) is 0 Å². The SMILES string of the molecule is CC1(C)CC(NC2CCC3(CCCC3)CC2)CCO1. The van der Waals surface area contributed by atoms with Gasteiger partial charge in [0, 0.05) is 18.7 Å². The molecule has 1 aliphatic heterocycles. The van der Waals surface area contributed by atoms with Crippen molar-refractivity contribution in [2.24, 2.45) is 5.41 Å². The van der Waals surface area contributed by atoms with Crippen molar-refractivity contribution in [1.82, 2.24) is 5.32 Å². The summed E-state index contributed by atoms with van der Waals surface area (Å²) in [4.78, 5) is 0. The van der Waals surface area contributed by atoms with Gasteiger partial charge in [0.2, 0.25) is 0 Å². The van der Waals surface area contributed by atoms with Crippen LogP contribution in [0.1, 0.15) is 78.1 Å². The van der Waals surface area contributed by atoms with Crippen LogP contribution >= 0.6 is 0 Å². The van der Waals surface area contributed by atoms with E-state index in [1.807, 2.05) is 0 Å². The first kappa shape index (κ1) is 13.9. The molecule has 1 atom stereocenters. The average molecular weight is 265 g/mol. The van der Waals surface area contributed by atoms with E-state index in [-0.39, 0.29) is 5.60 Å². The predicted octanol–water partition coefficient (Wildman–Crippen LogP) is 4.04. The lowest BCUT2D eigenvalue weighted by Crippen LogP contribution is -2.48. The molecular weight excluding hydrogens is 234 g/mol. The molecule has 0 radical (unpaired) electrons. The highest BCUT2D eigenvalue weighted by atomic mass is 16.5. The van der Waals surface area contributed by atoms with Gasteiger partial charge in [-0.2, -0.15) is 0 Å². The standard InChI is InChI=1S/C17H31NO/c1-16(2)13-15(7-12-19-16)18-14-5-10-17(11-6-14)8-3-4-9-17/h14-15,18H,3-13H2,1-2H3. The van der Waals surface area contributed by atoms with E-state index >= 15 is 0 Å². The van der Waals surface area contributed by atoms with Crippen molar-refractivity contribution >= 4 is 0 Å². The Kier molecular flexibility index (Phi) is 3.92. The molecule has 110 valence electrons. The Hall–Kier alpha value is -0.0800. The molecule has 0 aromatic rings. The Labute approximate surface area is 118 Å². The van der Waals surface area contributed by atoms with Crippen molar-refractivity contribution in [3.63, 3.8) is 0 Å². The lowest BCUT2D eigenvalue weighted by atomic mass is 9.71. The zero-order valence-electron chi connectivity index (χ0n) is 12.8. The molecule has 2 aliphatic carbocycles. The van der Waals surface area contributed by atoms with E-state index in [1.54, 1.807) is 0 Å². The molecule has 1 unspecified atom stereocenters. The maximum absolute atomic E-state index is 5.82. The highest BCUT2D eigenvalue weighted by Gasteiger charge is 2.38. The van der Waals surface area contributed by atoms with Crippen molar-refractivity contribution < 1.29 is 4.74 Å². The summed E-state index contributed by atoms with van der Waals surface area (Å²) in [5, 5.41) is 3.94. The van der Waals surface area contributed by atoms with Crippen molar-refractivity contribution in [3.8, 4) is 0 Å². The molecule has 19 heavy (non-hydrogen) atoms. The normalized spacial score (nSPS) is 34.7. The van der Waals surface area contributed by atoms with Gasteiger partial charge in [0.05, 0.1) is 5.60 Å². The largest absolute Gasteiger partial charge is 0.375 e. The third kappa shape index (κ3) is 3.33. The molecule has 2 nitrogen and oxygen atoms in total. The smallest absolute Gasteiger partial charge is 0.0641 e. The minimum atomic E-state index is 0.0806. The summed E-state index contributed by atoms with van der Waals surface area (Å²) in [6, 6.07) is 1.47. The Balaban J connectivity index is 1.47. The molecule has 1 spiro atoms. The van der Waals surface area contributed by atoms with E-state index in [2.05, 4.69) is 19.2 Å². The van der Waals surface area contributed by atoms with Crippen molar-refractivity contribution in [2.75, 3.05) is 6.61 Å². The van der Waals surface area contributed by atoms with Crippen LogP contribution in [0.25, 0.3) is 0 Å². The minimum absolute atomic E-state index is 0.0806. The molecular formula is C17H31NO. The third-order valence-corrected chi connectivity index (χ3v) is 5.88. The van der Waals surface area contributed by atoms with Crippen LogP contribution in [0.2, 0.25) is 0 Å². The Morgan fingerprint density at radius 3 is 2.21 bits per heavy atom. The summed E-state index contributed by atoms with van der Waals surface area (Å²) in [7, 11) is 0. The Bertz CT molecular complexity index is 296. The summed E-state index contributed by atoms with van der Waals surface area (Å²) < 4.78 is 5.82. The third-order valence-electron chi connectivity index (χ3n) is 5.88. The number of rotatable bonds is 2. The molecule has 1 heterocycles. The van der Waals surface area contributed by atoms with Crippen LogP contribution in [0, 0.1) is 5.41 Å². The van der Waals surface area contributed by atoms with Gasteiger partial charge in [0.15, 0.2) is 0 Å². The lowest BCUT2D eigenvalue weighted by molar-refractivity contribution is -0.0651. The molecule has 0 aromatic carbocycles. The second-order valence-corrected chi connectivity index (χ2v) is 7.95. The summed E-state index contributed by atoms with van der Waals surface area (Å²) in [5.74, 6) is 0. The van der Waals surface area contributed by atoms with Crippen LogP contribution in [0.5, 0.6) is 0 Å². The molecule has 3 rings (SSSR count). The number of ether oxygens (including phenoxy) is 1. The molecule has 0 bridgehead atoms. The van der Waals surface area contributed by atoms with Gasteiger partial charge in [-0.25, -0.2) is 0 Å². The van der Waals surface area contributed by atoms with Crippen molar-refractivity contribution in [1.29, 1.82) is 0 Å². The van der Waals surface area contributed by atoms with E-state index in [0.717, 1.165) is 18.1 Å². The van der Waals surface area contributed by atoms with Gasteiger partial charge in [0.25, 0.3) is 0 Å². The first-order valence-electron chi connectivity index (χ1n) is 8.47. The zero-order valence-corrected chi connectivity index (χ0v) is 12.8. The molecule has 3 fully saturated rings. The quantitative estimate of drug-likeness (QED) is 0.813. The highest BCUT2D eigenvalue weighted by Crippen LogP contribution is 2.49. The topological polar surface area (TPSA) is 21.3 Å². The van der Waals surface area contributed by atoms with Gasteiger partial charge < -0.3 is 10.1 Å². The molecule has 1 N–H and O–H groups in total. The van der Waals surface area contributed by atoms with E-state index in [1.165, 1.54) is 64.2 Å². The maximum atomic E-state index is 5.82. The maximum Gasteiger partial charge on any atom is 0.0641 e. The van der Waals surface area contributed by atoms with Crippen LogP contribution in [-0.4, -0.2) is 24.3 Å². The monoisotopic (exact) mass is 265 g/mol. The van der Waals surface area contributed by atoms with Gasteiger partial charge in [0.1, 0.15) is 0 Å². The van der Waals surface area contributed by atoms with Crippen molar-refractivity contribution in [3.05, 3.63) is 0 Å². The molecule has 0 amide bonds. The number of hydrogen-bond acceptors (Lipinski definition) is 2. The summed E-state index contributed by atoms with van der Waals surface area (Å²) in [5.41, 5.74) is 0.852. The fourth-order valence-electron chi connectivity index (χ4n) is 4.73. The first-order chi connectivity index (χ1) is 9.07. The molecule has 2 heteroatoms. The van der Waals surface area contributed by atoms with Gasteiger partial charge in [-0.1, -0.05) is 12.8 Å². The zero-order chi connectivity index (χ0) is 13.3. The molecule has 0 aromatic heterocycles. The van der Waals surface area contributed by atoms with E-state index in [9.17, 15) is 0 Å². The predicted molar refractivity (Wildman–Crippen MR) is 79.3 cm³/mol. The fourth-order valence-corrected chi connectivity index (χ4v) is 4.73. The van der Waals surface area contributed by atoms with Crippen LogP contribution in [-0.2, 0) is 4.74 Å². The van der Waals surface area contributed by atoms with E-state index in [0.29, 0.717) is 6.04 Å². The van der Waals surface area contributed by atoms with E-state index in [4.69, 9.17) is 4.74 Å². The summed E-state index contributed by atoms with van der Waals surface area (Å²) >= 11 is 0. The Morgan fingerprint density at radius 1 is 0.895 bits per heavy atom. The Morgan fingerprint density at radius 2 is 1.58 bits per heavy atom. The summed E-state index contributed by atoms with van der Waals surface area (Å²) in [6.07, 6.45) is 14.2. The van der Waals surface area contributed by atoms with Crippen molar-refractivity contribution in [2.45, 2.75) is 95.7 Å². The minimum Gasteiger partial charge on any atom is -0.375 e.